The minimum absolute atomic E-state index is 0.228. The summed E-state index contributed by atoms with van der Waals surface area (Å²) in [4.78, 5) is 42.9. The highest BCUT2D eigenvalue weighted by molar-refractivity contribution is 5.84. The van der Waals surface area contributed by atoms with Crippen molar-refractivity contribution >= 4 is 23.9 Å². The van der Waals surface area contributed by atoms with Gasteiger partial charge in [-0.1, -0.05) is 19.3 Å². The maximum atomic E-state index is 11.0. The van der Waals surface area contributed by atoms with Crippen LogP contribution in [0.1, 0.15) is 58.8 Å². The lowest BCUT2D eigenvalue weighted by Crippen LogP contribution is -2.08. The minimum atomic E-state index is -0.589. The molecule has 0 atom stereocenters. The van der Waals surface area contributed by atoms with Crippen LogP contribution >= 0.6 is 0 Å². The Kier molecular flexibility index (Phi) is 9.30. The van der Waals surface area contributed by atoms with Crippen molar-refractivity contribution in [2.24, 2.45) is 0 Å². The van der Waals surface area contributed by atoms with Crippen molar-refractivity contribution in [3.05, 3.63) is 0 Å². The van der Waals surface area contributed by atoms with Gasteiger partial charge in [-0.15, -0.1) is 0 Å². The van der Waals surface area contributed by atoms with E-state index < -0.39 is 23.9 Å². The quantitative estimate of drug-likeness (QED) is 0.381. The van der Waals surface area contributed by atoms with Crippen molar-refractivity contribution < 1.29 is 28.7 Å². The SMILES string of the molecule is CC(=O)OC(=O)CCCCCCCC(=O)OC(C)=O. The lowest BCUT2D eigenvalue weighted by molar-refractivity contribution is -0.159. The van der Waals surface area contributed by atoms with Crippen LogP contribution in [-0.2, 0) is 28.7 Å². The molecule has 0 aromatic carbocycles. The van der Waals surface area contributed by atoms with Gasteiger partial charge >= 0.3 is 23.9 Å². The zero-order valence-corrected chi connectivity index (χ0v) is 11.4. The lowest BCUT2D eigenvalue weighted by Gasteiger charge is -2.02. The van der Waals surface area contributed by atoms with E-state index in [2.05, 4.69) is 9.47 Å². The molecule has 19 heavy (non-hydrogen) atoms. The van der Waals surface area contributed by atoms with Crippen molar-refractivity contribution in [3.63, 3.8) is 0 Å². The highest BCUT2D eigenvalue weighted by atomic mass is 16.6. The molecular formula is C13H20O6. The average molecular weight is 272 g/mol. The van der Waals surface area contributed by atoms with Gasteiger partial charge in [-0.2, -0.15) is 0 Å². The average Bonchev–Trinajstić information content (AvgIpc) is 2.25. The Bertz CT molecular complexity index is 302. The predicted octanol–water partition coefficient (Wildman–Crippen LogP) is 1.90. The molecule has 108 valence electrons. The zero-order chi connectivity index (χ0) is 14.7. The number of ether oxygens (including phenoxy) is 2. The summed E-state index contributed by atoms with van der Waals surface area (Å²) in [7, 11) is 0. The summed E-state index contributed by atoms with van der Waals surface area (Å²) < 4.78 is 8.75. The molecule has 6 heteroatoms. The fraction of sp³-hybridized carbons (Fsp3) is 0.692. The van der Waals surface area contributed by atoms with E-state index in [0.717, 1.165) is 19.3 Å². The summed E-state index contributed by atoms with van der Waals surface area (Å²) in [6.45, 7) is 2.38. The third-order valence-corrected chi connectivity index (χ3v) is 2.28. The first kappa shape index (κ1) is 17.3. The molecule has 0 aromatic rings. The van der Waals surface area contributed by atoms with Gasteiger partial charge < -0.3 is 9.47 Å². The van der Waals surface area contributed by atoms with Gasteiger partial charge in [-0.3, -0.25) is 19.2 Å². The normalized spacial score (nSPS) is 9.79. The van der Waals surface area contributed by atoms with Crippen molar-refractivity contribution in [2.75, 3.05) is 0 Å². The van der Waals surface area contributed by atoms with Crippen LogP contribution in [0.5, 0.6) is 0 Å². The largest absolute Gasteiger partial charge is 0.393 e. The number of hydrogen-bond donors (Lipinski definition) is 0. The van der Waals surface area contributed by atoms with Gasteiger partial charge in [0.25, 0.3) is 0 Å². The van der Waals surface area contributed by atoms with Crippen LogP contribution in [0.4, 0.5) is 0 Å². The van der Waals surface area contributed by atoms with E-state index in [1.54, 1.807) is 0 Å². The van der Waals surface area contributed by atoms with Crippen molar-refractivity contribution in [1.82, 2.24) is 0 Å². The standard InChI is InChI=1S/C13H20O6/c1-10(14)18-12(16)8-6-4-3-5-7-9-13(17)19-11(2)15/h3-9H2,1-2H3. The van der Waals surface area contributed by atoms with E-state index >= 15 is 0 Å². The fourth-order valence-corrected chi connectivity index (χ4v) is 1.49. The van der Waals surface area contributed by atoms with Crippen molar-refractivity contribution in [3.8, 4) is 0 Å². The Morgan fingerprint density at radius 1 is 0.632 bits per heavy atom. The Morgan fingerprint density at radius 3 is 1.26 bits per heavy atom. The molecule has 0 fully saturated rings. The summed E-state index contributed by atoms with van der Waals surface area (Å²) in [5, 5.41) is 0. The zero-order valence-electron chi connectivity index (χ0n) is 11.4. The van der Waals surface area contributed by atoms with Crippen LogP contribution < -0.4 is 0 Å². The Hall–Kier alpha value is -1.72. The molecule has 0 radical (unpaired) electrons. The van der Waals surface area contributed by atoms with E-state index in [9.17, 15) is 19.2 Å². The van der Waals surface area contributed by atoms with Crippen LogP contribution in [0.15, 0.2) is 0 Å². The molecule has 0 saturated heterocycles. The molecule has 0 saturated carbocycles. The predicted molar refractivity (Wildman–Crippen MR) is 65.9 cm³/mol. The molecule has 0 aliphatic rings. The molecule has 0 aliphatic carbocycles. The van der Waals surface area contributed by atoms with E-state index in [4.69, 9.17) is 0 Å². The monoisotopic (exact) mass is 272 g/mol. The summed E-state index contributed by atoms with van der Waals surface area (Å²) in [5.74, 6) is -2.18. The molecular weight excluding hydrogens is 252 g/mol. The van der Waals surface area contributed by atoms with E-state index in [0.29, 0.717) is 12.8 Å². The smallest absolute Gasteiger partial charge is 0.313 e. The topological polar surface area (TPSA) is 86.7 Å². The molecule has 0 heterocycles. The third-order valence-electron chi connectivity index (χ3n) is 2.28. The highest BCUT2D eigenvalue weighted by Crippen LogP contribution is 2.08. The van der Waals surface area contributed by atoms with Gasteiger partial charge in [-0.25, -0.2) is 0 Å². The van der Waals surface area contributed by atoms with Gasteiger partial charge in [0.05, 0.1) is 0 Å². The molecule has 0 unspecified atom stereocenters. The van der Waals surface area contributed by atoms with Gasteiger partial charge in [-0.05, 0) is 12.8 Å². The first-order chi connectivity index (χ1) is 8.91. The van der Waals surface area contributed by atoms with Crippen LogP contribution in [-0.4, -0.2) is 23.9 Å². The maximum absolute atomic E-state index is 11.0. The minimum Gasteiger partial charge on any atom is -0.393 e. The Morgan fingerprint density at radius 2 is 0.947 bits per heavy atom. The molecule has 0 amide bonds. The van der Waals surface area contributed by atoms with E-state index in [1.165, 1.54) is 13.8 Å². The molecule has 0 rings (SSSR count). The number of unbranched alkanes of at least 4 members (excludes halogenated alkanes) is 4. The van der Waals surface area contributed by atoms with Gasteiger partial charge in [0.15, 0.2) is 0 Å². The second-order valence-corrected chi connectivity index (χ2v) is 4.20. The highest BCUT2D eigenvalue weighted by Gasteiger charge is 2.06. The van der Waals surface area contributed by atoms with Crippen LogP contribution in [0, 0.1) is 0 Å². The second kappa shape index (κ2) is 10.2. The summed E-state index contributed by atoms with van der Waals surface area (Å²) in [5.41, 5.74) is 0. The van der Waals surface area contributed by atoms with Crippen LogP contribution in [0.2, 0.25) is 0 Å². The molecule has 0 spiro atoms. The molecule has 0 N–H and O–H groups in total. The summed E-state index contributed by atoms with van der Waals surface area (Å²) >= 11 is 0. The molecule has 0 aliphatic heterocycles. The lowest BCUT2D eigenvalue weighted by atomic mass is 10.1. The van der Waals surface area contributed by atoms with E-state index in [1.807, 2.05) is 0 Å². The first-order valence-electron chi connectivity index (χ1n) is 6.34. The molecule has 6 nitrogen and oxygen atoms in total. The summed E-state index contributed by atoms with van der Waals surface area (Å²) in [6.07, 6.45) is 4.30. The number of rotatable bonds is 8. The number of carbonyl (C=O) groups is 4. The first-order valence-corrected chi connectivity index (χ1v) is 6.34. The Balaban J connectivity index is 3.36. The third kappa shape index (κ3) is 12.5. The van der Waals surface area contributed by atoms with Gasteiger partial charge in [0.2, 0.25) is 0 Å². The number of esters is 4. The number of carbonyl (C=O) groups excluding carboxylic acids is 4. The van der Waals surface area contributed by atoms with Gasteiger partial charge in [0.1, 0.15) is 0 Å². The van der Waals surface area contributed by atoms with Gasteiger partial charge in [0, 0.05) is 26.7 Å². The van der Waals surface area contributed by atoms with Crippen LogP contribution in [0.25, 0.3) is 0 Å². The Labute approximate surface area is 112 Å². The number of hydrogen-bond acceptors (Lipinski definition) is 6. The van der Waals surface area contributed by atoms with E-state index in [-0.39, 0.29) is 12.8 Å². The fourth-order valence-electron chi connectivity index (χ4n) is 1.49. The summed E-state index contributed by atoms with van der Waals surface area (Å²) in [6, 6.07) is 0. The van der Waals surface area contributed by atoms with Crippen molar-refractivity contribution in [1.29, 1.82) is 0 Å². The molecule has 0 bridgehead atoms. The van der Waals surface area contributed by atoms with Crippen molar-refractivity contribution in [2.45, 2.75) is 58.8 Å². The molecule has 0 aromatic heterocycles. The maximum Gasteiger partial charge on any atom is 0.313 e. The van der Waals surface area contributed by atoms with Crippen LogP contribution in [0.3, 0.4) is 0 Å². The second-order valence-electron chi connectivity index (χ2n) is 4.20.